The van der Waals surface area contributed by atoms with Crippen molar-refractivity contribution in [2.45, 2.75) is 4.90 Å². The minimum Gasteiger partial charge on any atom is -0.493 e. The lowest BCUT2D eigenvalue weighted by Gasteiger charge is -2.09. The Bertz CT molecular complexity index is 1690. The third-order valence-electron chi connectivity index (χ3n) is 5.36. The minimum atomic E-state index is -3.85. The summed E-state index contributed by atoms with van der Waals surface area (Å²) in [6, 6.07) is 22.0. The lowest BCUT2D eigenvalue weighted by atomic mass is 10.1. The van der Waals surface area contributed by atoms with E-state index in [0.717, 1.165) is 0 Å². The average Bonchev–Trinajstić information content (AvgIpc) is 3.43. The van der Waals surface area contributed by atoms with E-state index in [1.807, 2.05) is 30.3 Å². The number of benzene rings is 3. The molecular formula is C24H18N6O4S. The van der Waals surface area contributed by atoms with Crippen LogP contribution in [-0.2, 0) is 10.0 Å². The standard InChI is InChI=1S/C24H18N6O4S/c25-35(33,34)17-12-10-16(11-13-17)30-22(15-6-2-1-3-7-15)19(14-26-30)23(31)29-28-21-18-8-4-5-9-20(18)27-24(21)32/h1-14,27,32H,(H2,25,33,34). The zero-order chi connectivity index (χ0) is 24.6. The Kier molecular flexibility index (Phi) is 5.47. The first-order chi connectivity index (χ1) is 16.8. The zero-order valence-electron chi connectivity index (χ0n) is 18.0. The van der Waals surface area contributed by atoms with Crippen molar-refractivity contribution in [3.05, 3.63) is 90.6 Å². The molecule has 35 heavy (non-hydrogen) atoms. The number of azo groups is 1. The third kappa shape index (κ3) is 4.21. The summed E-state index contributed by atoms with van der Waals surface area (Å²) in [6.45, 7) is 0. The number of nitrogens with zero attached hydrogens (tertiary/aromatic N) is 4. The van der Waals surface area contributed by atoms with Gasteiger partial charge in [0.05, 0.1) is 33.6 Å². The summed E-state index contributed by atoms with van der Waals surface area (Å²) in [6.07, 6.45) is 1.37. The van der Waals surface area contributed by atoms with Crippen LogP contribution in [0.1, 0.15) is 10.4 Å². The second-order valence-electron chi connectivity index (χ2n) is 7.60. The molecule has 0 spiro atoms. The molecule has 0 bridgehead atoms. The van der Waals surface area contributed by atoms with Crippen LogP contribution >= 0.6 is 0 Å². The number of H-pyrrole nitrogens is 1. The number of amides is 1. The number of fused-ring (bicyclic) bond motifs is 1. The van der Waals surface area contributed by atoms with E-state index in [1.54, 1.807) is 36.4 Å². The van der Waals surface area contributed by atoms with Gasteiger partial charge in [-0.05, 0) is 30.3 Å². The highest BCUT2D eigenvalue weighted by Crippen LogP contribution is 2.35. The van der Waals surface area contributed by atoms with E-state index < -0.39 is 15.9 Å². The number of sulfonamides is 1. The van der Waals surface area contributed by atoms with Crippen LogP contribution in [0.25, 0.3) is 27.8 Å². The molecule has 0 aliphatic rings. The van der Waals surface area contributed by atoms with Crippen molar-refractivity contribution >= 4 is 32.5 Å². The van der Waals surface area contributed by atoms with Gasteiger partial charge in [0.15, 0.2) is 5.69 Å². The maximum absolute atomic E-state index is 13.1. The molecule has 5 rings (SSSR count). The molecule has 1 amide bonds. The van der Waals surface area contributed by atoms with Crippen molar-refractivity contribution in [1.82, 2.24) is 14.8 Å². The van der Waals surface area contributed by atoms with Crippen molar-refractivity contribution in [2.75, 3.05) is 0 Å². The Hall–Kier alpha value is -4.61. The van der Waals surface area contributed by atoms with Gasteiger partial charge in [0.1, 0.15) is 0 Å². The van der Waals surface area contributed by atoms with Crippen molar-refractivity contribution in [1.29, 1.82) is 0 Å². The molecule has 0 fully saturated rings. The predicted molar refractivity (Wildman–Crippen MR) is 129 cm³/mol. The summed E-state index contributed by atoms with van der Waals surface area (Å²) in [7, 11) is -3.85. The number of nitrogens with one attached hydrogen (secondary N) is 1. The molecular weight excluding hydrogens is 468 g/mol. The summed E-state index contributed by atoms with van der Waals surface area (Å²) < 4.78 is 24.7. The second-order valence-corrected chi connectivity index (χ2v) is 9.16. The fraction of sp³-hybridized carbons (Fsp3) is 0. The van der Waals surface area contributed by atoms with Gasteiger partial charge in [0.25, 0.3) is 5.91 Å². The van der Waals surface area contributed by atoms with Gasteiger partial charge in [0, 0.05) is 10.9 Å². The molecule has 0 radical (unpaired) electrons. The SMILES string of the molecule is NS(=O)(=O)c1ccc(-n2ncc(C(=O)N=Nc3c(O)[nH]c4ccccc34)c2-c2ccccc2)cc1. The first-order valence-corrected chi connectivity index (χ1v) is 11.9. The Morgan fingerprint density at radius 2 is 1.66 bits per heavy atom. The van der Waals surface area contributed by atoms with E-state index in [2.05, 4.69) is 20.3 Å². The van der Waals surface area contributed by atoms with Gasteiger partial charge in [-0.1, -0.05) is 48.5 Å². The maximum Gasteiger partial charge on any atom is 0.299 e. The number of aromatic hydroxyl groups is 1. The molecule has 2 aromatic heterocycles. The van der Waals surface area contributed by atoms with E-state index in [0.29, 0.717) is 27.8 Å². The summed E-state index contributed by atoms with van der Waals surface area (Å²) in [5, 5.41) is 28.2. The zero-order valence-corrected chi connectivity index (χ0v) is 18.8. The lowest BCUT2D eigenvalue weighted by Crippen LogP contribution is -2.12. The number of para-hydroxylation sites is 1. The van der Waals surface area contributed by atoms with Gasteiger partial charge in [-0.3, -0.25) is 4.79 Å². The number of hydrogen-bond acceptors (Lipinski definition) is 6. The van der Waals surface area contributed by atoms with Crippen molar-refractivity contribution in [3.8, 4) is 22.8 Å². The highest BCUT2D eigenvalue weighted by Gasteiger charge is 2.21. The van der Waals surface area contributed by atoms with Gasteiger partial charge >= 0.3 is 0 Å². The van der Waals surface area contributed by atoms with Crippen LogP contribution < -0.4 is 5.14 Å². The summed E-state index contributed by atoms with van der Waals surface area (Å²) in [5.74, 6) is -0.863. The van der Waals surface area contributed by atoms with E-state index in [9.17, 15) is 18.3 Å². The molecule has 0 unspecified atom stereocenters. The molecule has 11 heteroatoms. The van der Waals surface area contributed by atoms with Gasteiger partial charge < -0.3 is 10.1 Å². The van der Waals surface area contributed by atoms with E-state index in [4.69, 9.17) is 5.14 Å². The van der Waals surface area contributed by atoms with Gasteiger partial charge in [-0.15, -0.1) is 10.2 Å². The predicted octanol–water partition coefficient (Wildman–Crippen LogP) is 4.30. The molecule has 5 aromatic rings. The summed E-state index contributed by atoms with van der Waals surface area (Å²) in [5.41, 5.74) is 2.64. The van der Waals surface area contributed by atoms with Crippen LogP contribution in [0.15, 0.2) is 100 Å². The molecule has 3 aromatic carbocycles. The first-order valence-electron chi connectivity index (χ1n) is 10.4. The largest absolute Gasteiger partial charge is 0.493 e. The maximum atomic E-state index is 13.1. The van der Waals surface area contributed by atoms with Crippen molar-refractivity contribution < 1.29 is 18.3 Å². The van der Waals surface area contributed by atoms with Gasteiger partial charge in [-0.2, -0.15) is 5.10 Å². The molecule has 0 aliphatic heterocycles. The number of rotatable bonds is 5. The minimum absolute atomic E-state index is 0.0432. The van der Waals surface area contributed by atoms with Crippen molar-refractivity contribution in [3.63, 3.8) is 0 Å². The fourth-order valence-electron chi connectivity index (χ4n) is 3.71. The van der Waals surface area contributed by atoms with Crippen LogP contribution in [0.5, 0.6) is 5.88 Å². The molecule has 0 saturated carbocycles. The van der Waals surface area contributed by atoms with Crippen LogP contribution in [0.3, 0.4) is 0 Å². The van der Waals surface area contributed by atoms with Crippen LogP contribution in [0.2, 0.25) is 0 Å². The smallest absolute Gasteiger partial charge is 0.299 e. The Balaban J connectivity index is 1.58. The molecule has 0 atom stereocenters. The topological polar surface area (TPSA) is 156 Å². The van der Waals surface area contributed by atoms with E-state index >= 15 is 0 Å². The lowest BCUT2D eigenvalue weighted by molar-refractivity contribution is 0.0995. The van der Waals surface area contributed by atoms with E-state index in [-0.39, 0.29) is 22.0 Å². The number of nitrogens with two attached hydrogens (primary N) is 1. The number of hydrogen-bond donors (Lipinski definition) is 3. The Morgan fingerprint density at radius 3 is 2.37 bits per heavy atom. The van der Waals surface area contributed by atoms with Gasteiger partial charge in [0.2, 0.25) is 15.9 Å². The van der Waals surface area contributed by atoms with Crippen LogP contribution in [0.4, 0.5) is 5.69 Å². The molecule has 174 valence electrons. The summed E-state index contributed by atoms with van der Waals surface area (Å²) >= 11 is 0. The normalized spacial score (nSPS) is 11.9. The highest BCUT2D eigenvalue weighted by molar-refractivity contribution is 7.89. The summed E-state index contributed by atoms with van der Waals surface area (Å²) in [4.78, 5) is 15.9. The third-order valence-corrected chi connectivity index (χ3v) is 6.29. The number of carbonyl (C=O) groups is 1. The quantitative estimate of drug-likeness (QED) is 0.316. The highest BCUT2D eigenvalue weighted by atomic mass is 32.2. The average molecular weight is 487 g/mol. The molecule has 0 aliphatic carbocycles. The Labute approximate surface area is 199 Å². The monoisotopic (exact) mass is 486 g/mol. The van der Waals surface area contributed by atoms with Gasteiger partial charge in [-0.25, -0.2) is 18.2 Å². The van der Waals surface area contributed by atoms with Crippen molar-refractivity contribution in [2.24, 2.45) is 15.4 Å². The number of carbonyl (C=O) groups excluding carboxylic acids is 1. The molecule has 4 N–H and O–H groups in total. The Morgan fingerprint density at radius 1 is 0.971 bits per heavy atom. The number of aromatic amines is 1. The number of aromatic nitrogens is 3. The van der Waals surface area contributed by atoms with E-state index in [1.165, 1.54) is 23.0 Å². The number of primary sulfonamides is 1. The second kappa shape index (κ2) is 8.63. The fourth-order valence-corrected chi connectivity index (χ4v) is 4.23. The molecule has 0 saturated heterocycles. The molecule has 10 nitrogen and oxygen atoms in total. The van der Waals surface area contributed by atoms with Crippen LogP contribution in [-0.4, -0.2) is 34.2 Å². The van der Waals surface area contributed by atoms with Crippen LogP contribution in [0, 0.1) is 0 Å². The molecule has 2 heterocycles. The first kappa shape index (κ1) is 22.2.